The quantitative estimate of drug-likeness (QED) is 0.123. The van der Waals surface area contributed by atoms with Crippen LogP contribution in [-0.4, -0.2) is 32.8 Å². The van der Waals surface area contributed by atoms with E-state index in [2.05, 4.69) is 68.2 Å². The molecule has 1 radical (unpaired) electrons. The molecule has 4 heterocycles. The summed E-state index contributed by atoms with van der Waals surface area (Å²) in [5.41, 5.74) is 8.42. The summed E-state index contributed by atoms with van der Waals surface area (Å²) in [6.45, 7) is 3.58. The van der Waals surface area contributed by atoms with Crippen LogP contribution in [0.3, 0.4) is 0 Å². The van der Waals surface area contributed by atoms with Gasteiger partial charge in [0.1, 0.15) is 0 Å². The van der Waals surface area contributed by atoms with Crippen LogP contribution in [0.4, 0.5) is 0 Å². The number of rotatable bonds is 6. The number of benzene rings is 4. The minimum atomic E-state index is -2.32. The summed E-state index contributed by atoms with van der Waals surface area (Å²) in [4.78, 5) is 14.1. The van der Waals surface area contributed by atoms with E-state index in [9.17, 15) is 0 Å². The third-order valence-corrected chi connectivity index (χ3v) is 12.7. The number of imidazole rings is 1. The zero-order chi connectivity index (χ0) is 39.3. The van der Waals surface area contributed by atoms with Gasteiger partial charge in [0, 0.05) is 36.9 Å². The van der Waals surface area contributed by atoms with Crippen LogP contribution in [0.25, 0.3) is 61.4 Å². The van der Waals surface area contributed by atoms with Gasteiger partial charge in [0.15, 0.2) is 0 Å². The molecule has 0 saturated heterocycles. The molecule has 0 atom stereocenters. The van der Waals surface area contributed by atoms with E-state index in [-0.39, 0.29) is 31.6 Å². The summed E-state index contributed by atoms with van der Waals surface area (Å²) < 4.78 is 49.0. The van der Waals surface area contributed by atoms with E-state index in [1.807, 2.05) is 87.6 Å². The maximum absolute atomic E-state index is 8.60. The Kier molecular flexibility index (Phi) is 8.96. The molecule has 0 amide bonds. The molecule has 0 spiro atoms. The molecule has 259 valence electrons. The molecule has 4 aromatic carbocycles. The van der Waals surface area contributed by atoms with Crippen LogP contribution < -0.4 is 4.40 Å². The molecular formula is C44H42GeIrN4O-2. The predicted octanol–water partition coefficient (Wildman–Crippen LogP) is 10.7. The van der Waals surface area contributed by atoms with E-state index < -0.39 is 26.5 Å². The van der Waals surface area contributed by atoms with Crippen molar-refractivity contribution in [3.63, 3.8) is 0 Å². The van der Waals surface area contributed by atoms with Crippen molar-refractivity contribution >= 4 is 50.8 Å². The van der Waals surface area contributed by atoms with E-state index in [0.29, 0.717) is 22.5 Å². The van der Waals surface area contributed by atoms with Crippen molar-refractivity contribution in [2.24, 2.45) is 5.92 Å². The van der Waals surface area contributed by atoms with Gasteiger partial charge in [-0.2, -0.15) is 0 Å². The van der Waals surface area contributed by atoms with E-state index in [4.69, 9.17) is 16.3 Å². The van der Waals surface area contributed by atoms with Gasteiger partial charge in [-0.3, -0.25) is 4.98 Å². The number of nitrogens with zero attached hydrogens (tertiary/aromatic N) is 4. The minimum Gasteiger partial charge on any atom is 0 e. The second-order valence-electron chi connectivity index (χ2n) is 13.8. The van der Waals surface area contributed by atoms with Gasteiger partial charge >= 0.3 is 139 Å². The zero-order valence-corrected chi connectivity index (χ0v) is 34.0. The van der Waals surface area contributed by atoms with E-state index in [0.717, 1.165) is 54.6 Å². The molecule has 5 nitrogen and oxygen atoms in total. The number of hydrogen-bond donors (Lipinski definition) is 0. The van der Waals surface area contributed by atoms with Crippen LogP contribution >= 0.6 is 0 Å². The van der Waals surface area contributed by atoms with Crippen molar-refractivity contribution in [2.75, 3.05) is 0 Å². The van der Waals surface area contributed by atoms with Crippen LogP contribution in [0, 0.1) is 31.8 Å². The fraction of sp³-hybridized carbons (Fsp3) is 0.205. The molecule has 8 aromatic rings. The number of aromatic nitrogens is 4. The van der Waals surface area contributed by atoms with Gasteiger partial charge in [-0.15, -0.1) is 18.2 Å². The Balaban J connectivity index is 0.000000188. The summed E-state index contributed by atoms with van der Waals surface area (Å²) >= 11 is -2.32. The van der Waals surface area contributed by atoms with E-state index in [1.54, 1.807) is 12.1 Å². The Morgan fingerprint density at radius 3 is 2.41 bits per heavy atom. The monoisotopic (exact) mass is 914 g/mol. The van der Waals surface area contributed by atoms with Crippen molar-refractivity contribution in [1.29, 1.82) is 0 Å². The molecule has 0 unspecified atom stereocenters. The Bertz CT molecular complexity index is 2650. The number of para-hydroxylation sites is 3. The topological polar surface area (TPSA) is 56.7 Å². The first-order chi connectivity index (χ1) is 26.0. The smallest absolute Gasteiger partial charge is 0 e. The molecular weight excluding hydrogens is 865 g/mol. The van der Waals surface area contributed by atoms with Crippen LogP contribution in [0.1, 0.15) is 37.5 Å². The van der Waals surface area contributed by atoms with E-state index >= 15 is 0 Å². The van der Waals surface area contributed by atoms with Gasteiger partial charge in [-0.05, 0) is 43.3 Å². The van der Waals surface area contributed by atoms with Crippen molar-refractivity contribution in [1.82, 2.24) is 19.5 Å². The average molecular weight is 913 g/mol. The molecule has 51 heavy (non-hydrogen) atoms. The fourth-order valence-electron chi connectivity index (χ4n) is 6.13. The Morgan fingerprint density at radius 2 is 1.69 bits per heavy atom. The first-order valence-electron chi connectivity index (χ1n) is 19.3. The van der Waals surface area contributed by atoms with Crippen LogP contribution in [0.15, 0.2) is 114 Å². The first kappa shape index (κ1) is 30.3. The number of fused-ring (bicyclic) bond motifs is 4. The number of hydrogen-bond acceptors (Lipinski definition) is 4. The summed E-state index contributed by atoms with van der Waals surface area (Å²) in [6, 6.07) is 39.3. The van der Waals surface area contributed by atoms with Crippen LogP contribution in [0.2, 0.25) is 17.3 Å². The number of aryl methyl sites for hydroxylation is 2. The number of pyridine rings is 2. The molecule has 0 bridgehead atoms. The molecule has 4 aromatic heterocycles. The van der Waals surface area contributed by atoms with Crippen LogP contribution in [-0.2, 0) is 26.5 Å². The molecule has 0 aliphatic heterocycles. The molecule has 0 fully saturated rings. The maximum atomic E-state index is 8.60. The van der Waals surface area contributed by atoms with Gasteiger partial charge < -0.3 is 8.98 Å². The van der Waals surface area contributed by atoms with Gasteiger partial charge in [-0.1, -0.05) is 41.3 Å². The zero-order valence-electron chi connectivity index (χ0n) is 34.5. The second-order valence-corrected chi connectivity index (χ2v) is 24.3. The summed E-state index contributed by atoms with van der Waals surface area (Å²) in [7, 11) is 0. The molecule has 7 heteroatoms. The molecule has 8 rings (SSSR count). The van der Waals surface area contributed by atoms with Crippen molar-refractivity contribution in [3.8, 4) is 28.3 Å². The van der Waals surface area contributed by atoms with Gasteiger partial charge in [-0.25, -0.2) is 4.98 Å². The largest absolute Gasteiger partial charge is 0 e. The Labute approximate surface area is 323 Å². The van der Waals surface area contributed by atoms with E-state index in [1.165, 1.54) is 6.07 Å². The first-order valence-corrected chi connectivity index (χ1v) is 24.2. The second kappa shape index (κ2) is 15.1. The molecule has 0 N–H and O–H groups in total. The fourth-order valence-corrected chi connectivity index (χ4v) is 9.07. The van der Waals surface area contributed by atoms with Crippen molar-refractivity contribution in [3.05, 3.63) is 138 Å². The standard InChI is InChI=1S/C25H16N3O.C19H26GeN.Ir/c1-16-14-15-19-18-10-7-11-20(23(18)29-25(19)26-16)24-27-21-12-5-6-13-22(21)28(24)17-8-3-2-4-9-17;1-14(2)11-17-12-19(16-9-7-15(3)8-10-16)21-13-18(17)20(4,5)6;/h2-10,12-15H,1H3;7-9,12-14H,11H2,1-6H3;/q2*-1;/i;3D3,11D2;. The van der Waals surface area contributed by atoms with Gasteiger partial charge in [0.2, 0.25) is 5.71 Å². The van der Waals surface area contributed by atoms with Crippen LogP contribution in [0.5, 0.6) is 0 Å². The maximum Gasteiger partial charge on any atom is 0 e. The number of furan rings is 1. The van der Waals surface area contributed by atoms with Crippen molar-refractivity contribution < 1.29 is 31.4 Å². The summed E-state index contributed by atoms with van der Waals surface area (Å²) in [6.07, 6.45) is 0.362. The third kappa shape index (κ3) is 7.64. The molecule has 0 aliphatic rings. The average Bonchev–Trinajstić information content (AvgIpc) is 3.73. The van der Waals surface area contributed by atoms with Gasteiger partial charge in [0.25, 0.3) is 0 Å². The molecule has 0 saturated carbocycles. The SMILES string of the molecule is Cc1ccc2c(n1)oc1c(-c3nc4ccccc4n3-c3ccccc3)[c-]ccc12.[2H]C([2H])([2H])c1c[c-]c(-c2cc(C([2H])([2H])C(C)C)[c]([Ge]([CH3])([CH3])[CH3])cn2)cc1.[Ir]. The van der Waals surface area contributed by atoms with Gasteiger partial charge in [0.05, 0.1) is 22.4 Å². The normalized spacial score (nSPS) is 13.5. The predicted molar refractivity (Wildman–Crippen MR) is 210 cm³/mol. The molecule has 0 aliphatic carbocycles. The Hall–Kier alpha value is -4.36. The minimum absolute atomic E-state index is 0. The summed E-state index contributed by atoms with van der Waals surface area (Å²) in [5.74, 6) is 7.33. The van der Waals surface area contributed by atoms with Crippen molar-refractivity contribution in [2.45, 2.75) is 51.3 Å². The summed E-state index contributed by atoms with van der Waals surface area (Å²) in [5, 5.41) is 2.02. The third-order valence-electron chi connectivity index (χ3n) is 8.48. The Morgan fingerprint density at radius 1 is 0.902 bits per heavy atom.